The van der Waals surface area contributed by atoms with Crippen LogP contribution in [0.1, 0.15) is 15.2 Å². The number of rotatable bonds is 5. The van der Waals surface area contributed by atoms with E-state index < -0.39 is 0 Å². The summed E-state index contributed by atoms with van der Waals surface area (Å²) in [4.78, 5) is 20.3. The summed E-state index contributed by atoms with van der Waals surface area (Å²) in [5, 5.41) is 7.22. The van der Waals surface area contributed by atoms with Crippen LogP contribution >= 0.6 is 11.3 Å². The predicted molar refractivity (Wildman–Crippen MR) is 134 cm³/mol. The summed E-state index contributed by atoms with van der Waals surface area (Å²) in [6.07, 6.45) is 0. The number of para-hydroxylation sites is 2. The summed E-state index contributed by atoms with van der Waals surface area (Å²) in [6.45, 7) is 2.07. The van der Waals surface area contributed by atoms with Gasteiger partial charge in [0.05, 0.1) is 21.7 Å². The van der Waals surface area contributed by atoms with Crippen LogP contribution < -0.4 is 10.6 Å². The van der Waals surface area contributed by atoms with Gasteiger partial charge in [0, 0.05) is 27.3 Å². The molecule has 0 atom stereocenters. The summed E-state index contributed by atoms with van der Waals surface area (Å²) in [6, 6.07) is 31.4. The maximum atomic E-state index is 13.2. The number of hydrogen-bond acceptors (Lipinski definition) is 4. The number of thiophene rings is 1. The molecule has 0 spiro atoms. The fourth-order valence-electron chi connectivity index (χ4n) is 3.59. The maximum Gasteiger partial charge on any atom is 0.256 e. The second-order valence-corrected chi connectivity index (χ2v) is 8.79. The molecule has 0 saturated carbocycles. The molecule has 1 amide bonds. The number of carbonyl (C=O) groups is 1. The molecule has 4 nitrogen and oxygen atoms in total. The third-order valence-electron chi connectivity index (χ3n) is 5.16. The van der Waals surface area contributed by atoms with E-state index >= 15 is 0 Å². The van der Waals surface area contributed by atoms with Crippen molar-refractivity contribution in [2.24, 2.45) is 0 Å². The first-order valence-corrected chi connectivity index (χ1v) is 11.2. The first-order chi connectivity index (χ1) is 15.7. The molecule has 0 bridgehead atoms. The van der Waals surface area contributed by atoms with Gasteiger partial charge in [-0.25, -0.2) is 4.98 Å². The van der Waals surface area contributed by atoms with Crippen LogP contribution in [0.25, 0.3) is 21.5 Å². The highest BCUT2D eigenvalue weighted by Gasteiger charge is 2.15. The van der Waals surface area contributed by atoms with Crippen molar-refractivity contribution in [3.8, 4) is 10.6 Å². The Hall–Kier alpha value is -3.96. The van der Waals surface area contributed by atoms with Gasteiger partial charge in [-0.15, -0.1) is 11.3 Å². The molecule has 0 fully saturated rings. The summed E-state index contributed by atoms with van der Waals surface area (Å²) in [5.41, 5.74) is 4.95. The predicted octanol–water partition coefficient (Wildman–Crippen LogP) is 7.27. The lowest BCUT2D eigenvalue weighted by atomic mass is 10.1. The van der Waals surface area contributed by atoms with Gasteiger partial charge < -0.3 is 10.6 Å². The largest absolute Gasteiger partial charge is 0.356 e. The Morgan fingerprint density at radius 1 is 0.781 bits per heavy atom. The third kappa shape index (κ3) is 4.24. The third-order valence-corrected chi connectivity index (χ3v) is 6.18. The fraction of sp³-hybridized carbons (Fsp3) is 0.0370. The molecule has 0 aliphatic carbocycles. The molecule has 0 saturated heterocycles. The molecule has 0 radical (unpaired) electrons. The number of hydrogen-bond donors (Lipinski definition) is 2. The van der Waals surface area contributed by atoms with E-state index in [1.54, 1.807) is 11.3 Å². The van der Waals surface area contributed by atoms with E-state index in [9.17, 15) is 4.79 Å². The van der Waals surface area contributed by atoms with E-state index in [1.807, 2.05) is 84.9 Å². The van der Waals surface area contributed by atoms with Crippen molar-refractivity contribution in [3.05, 3.63) is 108 Å². The first-order valence-electron chi connectivity index (χ1n) is 10.4. The molecule has 0 aliphatic rings. The van der Waals surface area contributed by atoms with Gasteiger partial charge in [-0.3, -0.25) is 4.79 Å². The highest BCUT2D eigenvalue weighted by atomic mass is 32.1. The number of fused-ring (bicyclic) bond motifs is 1. The molecular weight excluding hydrogens is 414 g/mol. The monoisotopic (exact) mass is 435 g/mol. The second kappa shape index (κ2) is 8.65. The van der Waals surface area contributed by atoms with Crippen LogP contribution in [-0.4, -0.2) is 10.9 Å². The number of amides is 1. The quantitative estimate of drug-likeness (QED) is 0.305. The Bertz CT molecular complexity index is 1390. The van der Waals surface area contributed by atoms with Crippen LogP contribution in [0.5, 0.6) is 0 Å². The number of benzene rings is 3. The highest BCUT2D eigenvalue weighted by Crippen LogP contribution is 2.30. The van der Waals surface area contributed by atoms with Gasteiger partial charge in [-0.1, -0.05) is 36.4 Å². The Kier molecular flexibility index (Phi) is 5.40. The van der Waals surface area contributed by atoms with Crippen molar-refractivity contribution < 1.29 is 4.79 Å². The highest BCUT2D eigenvalue weighted by molar-refractivity contribution is 7.15. The van der Waals surface area contributed by atoms with Gasteiger partial charge in [0.1, 0.15) is 0 Å². The van der Waals surface area contributed by atoms with Crippen molar-refractivity contribution in [3.63, 3.8) is 0 Å². The molecule has 5 rings (SSSR count). The average Bonchev–Trinajstić information content (AvgIpc) is 3.26. The summed E-state index contributed by atoms with van der Waals surface area (Å²) >= 11 is 1.67. The molecule has 5 aromatic rings. The van der Waals surface area contributed by atoms with Crippen molar-refractivity contribution in [2.45, 2.75) is 6.92 Å². The molecule has 2 aromatic heterocycles. The van der Waals surface area contributed by atoms with Gasteiger partial charge in [0.2, 0.25) is 0 Å². The number of aromatic nitrogens is 1. The molecule has 0 unspecified atom stereocenters. The summed E-state index contributed by atoms with van der Waals surface area (Å²) in [7, 11) is 0. The minimum absolute atomic E-state index is 0.151. The number of aryl methyl sites for hydroxylation is 1. The summed E-state index contributed by atoms with van der Waals surface area (Å²) in [5.74, 6) is -0.151. The first kappa shape index (κ1) is 20.0. The zero-order chi connectivity index (χ0) is 21.9. The molecule has 2 heterocycles. The lowest BCUT2D eigenvalue weighted by Crippen LogP contribution is -2.13. The second-order valence-electron chi connectivity index (χ2n) is 7.51. The number of anilines is 3. The van der Waals surface area contributed by atoms with E-state index in [0.717, 1.165) is 38.5 Å². The Morgan fingerprint density at radius 2 is 1.47 bits per heavy atom. The summed E-state index contributed by atoms with van der Waals surface area (Å²) < 4.78 is 0. The lowest BCUT2D eigenvalue weighted by Gasteiger charge is -2.11. The smallest absolute Gasteiger partial charge is 0.256 e. The van der Waals surface area contributed by atoms with Crippen molar-refractivity contribution in [1.29, 1.82) is 0 Å². The SMILES string of the molecule is Cc1ccc(-c2cc(C(=O)Nc3ccc(Nc4ccccc4)cc3)c3ccccc3n2)s1. The minimum Gasteiger partial charge on any atom is -0.356 e. The fourth-order valence-corrected chi connectivity index (χ4v) is 4.41. The normalized spacial score (nSPS) is 10.8. The zero-order valence-corrected chi connectivity index (χ0v) is 18.3. The maximum absolute atomic E-state index is 13.2. The molecule has 3 aromatic carbocycles. The van der Waals surface area contributed by atoms with Crippen LogP contribution in [-0.2, 0) is 0 Å². The zero-order valence-electron chi connectivity index (χ0n) is 17.5. The van der Waals surface area contributed by atoms with E-state index in [4.69, 9.17) is 4.98 Å². The van der Waals surface area contributed by atoms with Gasteiger partial charge in [-0.2, -0.15) is 0 Å². The van der Waals surface area contributed by atoms with E-state index in [0.29, 0.717) is 5.56 Å². The molecule has 5 heteroatoms. The lowest BCUT2D eigenvalue weighted by molar-refractivity contribution is 0.102. The van der Waals surface area contributed by atoms with Gasteiger partial charge in [-0.05, 0) is 67.6 Å². The van der Waals surface area contributed by atoms with Crippen LogP contribution in [0.15, 0.2) is 97.1 Å². The molecule has 2 N–H and O–H groups in total. The van der Waals surface area contributed by atoms with Crippen molar-refractivity contribution in [2.75, 3.05) is 10.6 Å². The van der Waals surface area contributed by atoms with Crippen LogP contribution in [0.3, 0.4) is 0 Å². The van der Waals surface area contributed by atoms with Gasteiger partial charge >= 0.3 is 0 Å². The Balaban J connectivity index is 1.42. The van der Waals surface area contributed by atoms with Crippen LogP contribution in [0.2, 0.25) is 0 Å². The van der Waals surface area contributed by atoms with E-state index in [2.05, 4.69) is 29.7 Å². The van der Waals surface area contributed by atoms with Crippen molar-refractivity contribution >= 4 is 45.2 Å². The average molecular weight is 436 g/mol. The van der Waals surface area contributed by atoms with Crippen LogP contribution in [0, 0.1) is 6.92 Å². The van der Waals surface area contributed by atoms with Gasteiger partial charge in [0.15, 0.2) is 0 Å². The molecular formula is C27H21N3OS. The van der Waals surface area contributed by atoms with Crippen molar-refractivity contribution in [1.82, 2.24) is 4.98 Å². The minimum atomic E-state index is -0.151. The Labute approximate surface area is 190 Å². The standard InChI is InChI=1S/C27H21N3OS/c1-18-11-16-26(32-18)25-17-23(22-9-5-6-10-24(22)30-25)27(31)29-21-14-12-20(13-15-21)28-19-7-3-2-4-8-19/h2-17,28H,1H3,(H,29,31). The number of nitrogens with zero attached hydrogens (tertiary/aromatic N) is 1. The van der Waals surface area contributed by atoms with Crippen LogP contribution in [0.4, 0.5) is 17.1 Å². The number of nitrogens with one attached hydrogen (secondary N) is 2. The number of pyridine rings is 1. The number of carbonyl (C=O) groups excluding carboxylic acids is 1. The van der Waals surface area contributed by atoms with E-state index in [1.165, 1.54) is 4.88 Å². The van der Waals surface area contributed by atoms with Gasteiger partial charge in [0.25, 0.3) is 5.91 Å². The van der Waals surface area contributed by atoms with E-state index in [-0.39, 0.29) is 5.91 Å². The molecule has 156 valence electrons. The Morgan fingerprint density at radius 3 is 2.22 bits per heavy atom. The molecule has 0 aliphatic heterocycles. The molecule has 32 heavy (non-hydrogen) atoms. The topological polar surface area (TPSA) is 54.0 Å².